The molecule has 214 valence electrons. The topological polar surface area (TPSA) is 118 Å². The molecule has 0 radical (unpaired) electrons. The number of benzene rings is 2. The third kappa shape index (κ3) is 7.08. The van der Waals surface area contributed by atoms with E-state index in [0.29, 0.717) is 4.90 Å². The zero-order chi connectivity index (χ0) is 29.7. The highest BCUT2D eigenvalue weighted by atomic mass is 35.5. The van der Waals surface area contributed by atoms with Gasteiger partial charge in [0.25, 0.3) is 5.56 Å². The van der Waals surface area contributed by atoms with Gasteiger partial charge in [-0.05, 0) is 29.8 Å². The van der Waals surface area contributed by atoms with E-state index in [1.165, 1.54) is 6.20 Å². The fourth-order valence-electron chi connectivity index (χ4n) is 3.49. The molecule has 0 spiro atoms. The van der Waals surface area contributed by atoms with Gasteiger partial charge in [0.05, 0.1) is 22.0 Å². The zero-order valence-electron chi connectivity index (χ0n) is 20.7. The lowest BCUT2D eigenvalue weighted by molar-refractivity contribution is -0.145. The SMILES string of the molecule is Nn1c(C(F)(F)F)cc(=O)n(-c2cc(Sc3cccnc3OCCC(=O)OCc3ccccc3)c(Cl)cc2F)c1=O. The van der Waals surface area contributed by atoms with Crippen LogP contribution in [0.1, 0.15) is 17.7 Å². The molecule has 2 heterocycles. The molecule has 0 amide bonds. The third-order valence-corrected chi connectivity index (χ3v) is 6.93. The number of hydrogen-bond donors (Lipinski definition) is 1. The summed E-state index contributed by atoms with van der Waals surface area (Å²) in [5.74, 6) is 3.70. The molecule has 0 saturated carbocycles. The van der Waals surface area contributed by atoms with Crippen molar-refractivity contribution in [1.82, 2.24) is 14.2 Å². The number of hydrogen-bond acceptors (Lipinski definition) is 8. The average molecular weight is 611 g/mol. The summed E-state index contributed by atoms with van der Waals surface area (Å²) in [6, 6.07) is 14.1. The van der Waals surface area contributed by atoms with Crippen LogP contribution in [0.2, 0.25) is 5.02 Å². The van der Waals surface area contributed by atoms with E-state index in [9.17, 15) is 31.9 Å². The smallest absolute Gasteiger partial charge is 0.433 e. The van der Waals surface area contributed by atoms with Crippen molar-refractivity contribution in [2.24, 2.45) is 0 Å². The lowest BCUT2D eigenvalue weighted by Gasteiger charge is -2.15. The first kappa shape index (κ1) is 29.7. The van der Waals surface area contributed by atoms with E-state index < -0.39 is 40.6 Å². The number of halogens is 5. The van der Waals surface area contributed by atoms with Crippen LogP contribution >= 0.6 is 23.4 Å². The Morgan fingerprint density at radius 3 is 2.49 bits per heavy atom. The molecule has 41 heavy (non-hydrogen) atoms. The van der Waals surface area contributed by atoms with Gasteiger partial charge in [0.15, 0.2) is 5.69 Å². The average Bonchev–Trinajstić information content (AvgIpc) is 2.92. The Morgan fingerprint density at radius 2 is 1.78 bits per heavy atom. The van der Waals surface area contributed by atoms with Gasteiger partial charge in [-0.25, -0.2) is 23.4 Å². The first-order valence-corrected chi connectivity index (χ1v) is 12.8. The molecule has 2 aromatic carbocycles. The van der Waals surface area contributed by atoms with Gasteiger partial charge in [-0.1, -0.05) is 53.7 Å². The Morgan fingerprint density at radius 1 is 1.05 bits per heavy atom. The van der Waals surface area contributed by atoms with E-state index in [0.717, 1.165) is 29.5 Å². The first-order chi connectivity index (χ1) is 19.5. The summed E-state index contributed by atoms with van der Waals surface area (Å²) in [4.78, 5) is 41.7. The number of nitrogens with zero attached hydrogens (tertiary/aromatic N) is 3. The maximum Gasteiger partial charge on any atom is 0.433 e. The van der Waals surface area contributed by atoms with Gasteiger partial charge >= 0.3 is 17.8 Å². The van der Waals surface area contributed by atoms with Crippen LogP contribution in [0.15, 0.2) is 86.2 Å². The maximum absolute atomic E-state index is 14.8. The van der Waals surface area contributed by atoms with Gasteiger partial charge in [0, 0.05) is 17.2 Å². The second kappa shape index (κ2) is 12.5. The zero-order valence-corrected chi connectivity index (χ0v) is 22.3. The largest absolute Gasteiger partial charge is 0.476 e. The standard InChI is InChI=1S/C26H19ClF4N4O5S/c27-16-11-17(28)18(34-22(36)13-21(26(29,30)31)35(32)25(34)38)12-20(16)41-19-7-4-9-33-24(19)39-10-8-23(37)40-14-15-5-2-1-3-6-15/h1-7,9,11-13H,8,10,14,32H2. The second-order valence-corrected chi connectivity index (χ2v) is 9.73. The number of alkyl halides is 3. The van der Waals surface area contributed by atoms with Crippen LogP contribution in [0.4, 0.5) is 17.6 Å². The highest BCUT2D eigenvalue weighted by Gasteiger charge is 2.36. The highest BCUT2D eigenvalue weighted by molar-refractivity contribution is 7.99. The lowest BCUT2D eigenvalue weighted by atomic mass is 10.2. The molecule has 2 aromatic heterocycles. The summed E-state index contributed by atoms with van der Waals surface area (Å²) in [5, 5.41) is -0.136. The predicted molar refractivity (Wildman–Crippen MR) is 141 cm³/mol. The van der Waals surface area contributed by atoms with Crippen LogP contribution in [-0.2, 0) is 22.3 Å². The highest BCUT2D eigenvalue weighted by Crippen LogP contribution is 2.39. The van der Waals surface area contributed by atoms with E-state index in [-0.39, 0.29) is 50.7 Å². The van der Waals surface area contributed by atoms with Crippen LogP contribution in [0.5, 0.6) is 5.88 Å². The maximum atomic E-state index is 14.8. The molecule has 0 saturated heterocycles. The molecule has 0 aliphatic rings. The van der Waals surface area contributed by atoms with Crippen molar-refractivity contribution in [1.29, 1.82) is 0 Å². The fourth-order valence-corrected chi connectivity index (χ4v) is 4.66. The minimum absolute atomic E-state index is 0.0835. The molecule has 2 N–H and O–H groups in total. The molecular weight excluding hydrogens is 592 g/mol. The minimum atomic E-state index is -5.10. The summed E-state index contributed by atoms with van der Waals surface area (Å²) in [5.41, 5.74) is -4.62. The van der Waals surface area contributed by atoms with Crippen molar-refractivity contribution in [3.8, 4) is 11.6 Å². The first-order valence-electron chi connectivity index (χ1n) is 11.6. The summed E-state index contributed by atoms with van der Waals surface area (Å²) < 4.78 is 64.9. The van der Waals surface area contributed by atoms with Crippen LogP contribution in [0, 0.1) is 5.82 Å². The van der Waals surface area contributed by atoms with Gasteiger partial charge in [-0.2, -0.15) is 13.2 Å². The van der Waals surface area contributed by atoms with E-state index in [2.05, 4.69) is 4.98 Å². The summed E-state index contributed by atoms with van der Waals surface area (Å²) >= 11 is 7.10. The number of nitrogen functional groups attached to an aromatic ring is 1. The molecule has 0 aliphatic carbocycles. The number of nitrogens with two attached hydrogens (primary N) is 1. The van der Waals surface area contributed by atoms with E-state index in [4.69, 9.17) is 26.9 Å². The van der Waals surface area contributed by atoms with Crippen LogP contribution < -0.4 is 21.8 Å². The summed E-state index contributed by atoms with van der Waals surface area (Å²) in [7, 11) is 0. The third-order valence-electron chi connectivity index (χ3n) is 5.41. The summed E-state index contributed by atoms with van der Waals surface area (Å²) in [6.45, 7) is 0.0184. The molecule has 15 heteroatoms. The van der Waals surface area contributed by atoms with Crippen molar-refractivity contribution in [3.05, 3.63) is 110 Å². The molecule has 4 rings (SSSR count). The molecular formula is C26H19ClF4N4O5S. The number of rotatable bonds is 9. The van der Waals surface area contributed by atoms with E-state index >= 15 is 0 Å². The van der Waals surface area contributed by atoms with Crippen molar-refractivity contribution in [2.45, 2.75) is 29.0 Å². The molecule has 0 unspecified atom stereocenters. The van der Waals surface area contributed by atoms with E-state index in [1.54, 1.807) is 12.1 Å². The number of ether oxygens (including phenoxy) is 2. The number of carbonyl (C=O) groups is 1. The Balaban J connectivity index is 1.53. The monoisotopic (exact) mass is 610 g/mol. The minimum Gasteiger partial charge on any atom is -0.476 e. The molecule has 0 atom stereocenters. The van der Waals surface area contributed by atoms with Gasteiger partial charge in [-0.15, -0.1) is 0 Å². The number of carbonyl (C=O) groups excluding carboxylic acids is 1. The second-order valence-electron chi connectivity index (χ2n) is 8.24. The fraction of sp³-hybridized carbons (Fsp3) is 0.154. The van der Waals surface area contributed by atoms with Gasteiger partial charge in [0.1, 0.15) is 19.0 Å². The normalized spacial score (nSPS) is 11.3. The quantitative estimate of drug-likeness (QED) is 0.166. The summed E-state index contributed by atoms with van der Waals surface area (Å²) in [6.07, 6.45) is -3.76. The lowest BCUT2D eigenvalue weighted by Crippen LogP contribution is -2.45. The number of aromatic nitrogens is 3. The molecule has 0 bridgehead atoms. The van der Waals surface area contributed by atoms with Crippen LogP contribution in [0.3, 0.4) is 0 Å². The Bertz CT molecular complexity index is 1700. The molecule has 0 fully saturated rings. The van der Waals surface area contributed by atoms with Crippen LogP contribution in [-0.4, -0.2) is 26.8 Å². The molecule has 0 aliphatic heterocycles. The van der Waals surface area contributed by atoms with E-state index in [1.807, 2.05) is 30.3 Å². The Kier molecular flexibility index (Phi) is 9.03. The van der Waals surface area contributed by atoms with Gasteiger partial charge < -0.3 is 15.3 Å². The Labute approximate surface area is 238 Å². The number of esters is 1. The Hall–Kier alpha value is -4.30. The van der Waals surface area contributed by atoms with Gasteiger partial charge in [-0.3, -0.25) is 9.59 Å². The van der Waals surface area contributed by atoms with Gasteiger partial charge in [0.2, 0.25) is 5.88 Å². The molecule has 9 nitrogen and oxygen atoms in total. The predicted octanol–water partition coefficient (Wildman–Crippen LogP) is 4.58. The molecule has 4 aromatic rings. The van der Waals surface area contributed by atoms with Crippen molar-refractivity contribution in [2.75, 3.05) is 12.4 Å². The van der Waals surface area contributed by atoms with Crippen molar-refractivity contribution >= 4 is 29.3 Å². The van der Waals surface area contributed by atoms with Crippen molar-refractivity contribution < 1.29 is 31.8 Å². The van der Waals surface area contributed by atoms with Crippen LogP contribution in [0.25, 0.3) is 5.69 Å². The van der Waals surface area contributed by atoms with Crippen molar-refractivity contribution in [3.63, 3.8) is 0 Å². The number of pyridine rings is 1.